The zero-order chi connectivity index (χ0) is 20.4. The molecule has 0 bridgehead atoms. The zero-order valence-corrected chi connectivity index (χ0v) is 16.9. The van der Waals surface area contributed by atoms with Gasteiger partial charge in [0.15, 0.2) is 5.78 Å². The number of hydrogen-bond donors (Lipinski definition) is 0. The minimum atomic E-state index is -0.533. The van der Waals surface area contributed by atoms with Gasteiger partial charge in [-0.25, -0.2) is 0 Å². The Kier molecular flexibility index (Phi) is 5.48. The van der Waals surface area contributed by atoms with Gasteiger partial charge in [-0.2, -0.15) is 0 Å². The van der Waals surface area contributed by atoms with E-state index >= 15 is 0 Å². The van der Waals surface area contributed by atoms with Crippen LogP contribution in [-0.4, -0.2) is 66.3 Å². The predicted molar refractivity (Wildman–Crippen MR) is 106 cm³/mol. The van der Waals surface area contributed by atoms with Gasteiger partial charge in [0, 0.05) is 57.9 Å². The molecular formula is C22H28N2O5. The van der Waals surface area contributed by atoms with Gasteiger partial charge < -0.3 is 19.3 Å². The first-order valence-electron chi connectivity index (χ1n) is 10.5. The zero-order valence-electron chi connectivity index (χ0n) is 16.9. The van der Waals surface area contributed by atoms with Crippen LogP contribution in [0.3, 0.4) is 0 Å². The molecule has 7 nitrogen and oxygen atoms in total. The topological polar surface area (TPSA) is 76.2 Å². The minimum Gasteiger partial charge on any atom is -0.497 e. The summed E-state index contributed by atoms with van der Waals surface area (Å²) in [5.41, 5.74) is 0.0706. The largest absolute Gasteiger partial charge is 0.497 e. The van der Waals surface area contributed by atoms with Crippen molar-refractivity contribution in [1.29, 1.82) is 0 Å². The first-order chi connectivity index (χ1) is 14.0. The second-order valence-corrected chi connectivity index (χ2v) is 8.22. The lowest BCUT2D eigenvalue weighted by molar-refractivity contribution is -0.135. The molecule has 4 rings (SSSR count). The lowest BCUT2D eigenvalue weighted by atomic mass is 9.82. The quantitative estimate of drug-likeness (QED) is 0.759. The number of fused-ring (bicyclic) bond motifs is 1. The molecule has 0 aliphatic carbocycles. The summed E-state index contributed by atoms with van der Waals surface area (Å²) in [6.45, 7) is 2.66. The molecule has 3 heterocycles. The molecule has 7 heteroatoms. The average Bonchev–Trinajstić information content (AvgIpc) is 3.12. The van der Waals surface area contributed by atoms with E-state index in [1.807, 2.05) is 9.80 Å². The van der Waals surface area contributed by atoms with E-state index in [1.54, 1.807) is 25.3 Å². The van der Waals surface area contributed by atoms with E-state index in [9.17, 15) is 14.4 Å². The van der Waals surface area contributed by atoms with Crippen molar-refractivity contribution in [2.75, 3.05) is 33.3 Å². The standard InChI is InChI=1S/C22H28N2O5/c1-28-16-6-7-17-18(25)15-22(29-19(17)14-16)8-12-24(13-9-22)21(27)5-3-11-23-10-2-4-20(23)26/h6-7,14H,2-5,8-13,15H2,1H3. The van der Waals surface area contributed by atoms with E-state index in [4.69, 9.17) is 9.47 Å². The highest BCUT2D eigenvalue weighted by atomic mass is 16.5. The van der Waals surface area contributed by atoms with Crippen LogP contribution in [0.15, 0.2) is 18.2 Å². The number of nitrogens with zero attached hydrogens (tertiary/aromatic N) is 2. The number of Topliss-reactive ketones (excluding diaryl/α,β-unsaturated/α-hetero) is 1. The number of ketones is 1. The maximum absolute atomic E-state index is 12.6. The lowest BCUT2D eigenvalue weighted by Crippen LogP contribution is -2.52. The van der Waals surface area contributed by atoms with Crippen LogP contribution < -0.4 is 9.47 Å². The van der Waals surface area contributed by atoms with Gasteiger partial charge in [-0.05, 0) is 25.0 Å². The molecule has 0 radical (unpaired) electrons. The van der Waals surface area contributed by atoms with E-state index in [1.165, 1.54) is 0 Å². The summed E-state index contributed by atoms with van der Waals surface area (Å²) in [6, 6.07) is 5.30. The summed E-state index contributed by atoms with van der Waals surface area (Å²) >= 11 is 0. The average molecular weight is 400 g/mol. The van der Waals surface area contributed by atoms with E-state index in [-0.39, 0.29) is 17.6 Å². The Labute approximate surface area is 170 Å². The minimum absolute atomic E-state index is 0.0870. The highest BCUT2D eigenvalue weighted by Crippen LogP contribution is 2.40. The van der Waals surface area contributed by atoms with E-state index in [0.717, 1.165) is 13.0 Å². The van der Waals surface area contributed by atoms with Crippen LogP contribution in [0.4, 0.5) is 0 Å². The van der Waals surface area contributed by atoms with Gasteiger partial charge in [0.25, 0.3) is 0 Å². The van der Waals surface area contributed by atoms with Crippen LogP contribution >= 0.6 is 0 Å². The molecule has 0 aromatic heterocycles. The number of carbonyl (C=O) groups is 3. The maximum Gasteiger partial charge on any atom is 0.222 e. The second-order valence-electron chi connectivity index (χ2n) is 8.22. The summed E-state index contributed by atoms with van der Waals surface area (Å²) in [5, 5.41) is 0. The van der Waals surface area contributed by atoms with E-state index in [2.05, 4.69) is 0 Å². The molecule has 3 aliphatic heterocycles. The summed E-state index contributed by atoms with van der Waals surface area (Å²) in [5.74, 6) is 1.65. The van der Waals surface area contributed by atoms with Crippen molar-refractivity contribution in [2.24, 2.45) is 0 Å². The molecule has 1 spiro atoms. The first-order valence-corrected chi connectivity index (χ1v) is 10.5. The Balaban J connectivity index is 1.31. The number of piperidine rings is 1. The molecular weight excluding hydrogens is 372 g/mol. The Bertz CT molecular complexity index is 813. The molecule has 2 fully saturated rings. The molecule has 1 aromatic rings. The molecule has 1 aromatic carbocycles. The number of amides is 2. The highest BCUT2D eigenvalue weighted by molar-refractivity contribution is 6.00. The van der Waals surface area contributed by atoms with Crippen LogP contribution in [0.1, 0.15) is 55.3 Å². The fourth-order valence-corrected chi connectivity index (χ4v) is 4.56. The van der Waals surface area contributed by atoms with Gasteiger partial charge in [0.2, 0.25) is 11.8 Å². The summed E-state index contributed by atoms with van der Waals surface area (Å²) in [7, 11) is 1.59. The van der Waals surface area contributed by atoms with Crippen LogP contribution in [0.2, 0.25) is 0 Å². The first kappa shape index (κ1) is 19.7. The van der Waals surface area contributed by atoms with Crippen LogP contribution in [0, 0.1) is 0 Å². The number of rotatable bonds is 5. The number of carbonyl (C=O) groups excluding carboxylic acids is 3. The van der Waals surface area contributed by atoms with Crippen LogP contribution in [0.5, 0.6) is 11.5 Å². The van der Waals surface area contributed by atoms with Crippen molar-refractivity contribution in [3.63, 3.8) is 0 Å². The third kappa shape index (κ3) is 4.09. The smallest absolute Gasteiger partial charge is 0.222 e. The van der Waals surface area contributed by atoms with Crippen LogP contribution in [0.25, 0.3) is 0 Å². The van der Waals surface area contributed by atoms with Gasteiger partial charge in [0.1, 0.15) is 17.1 Å². The number of likely N-dealkylation sites (tertiary alicyclic amines) is 2. The monoisotopic (exact) mass is 400 g/mol. The number of methoxy groups -OCH3 is 1. The number of benzene rings is 1. The van der Waals surface area contributed by atoms with Crippen molar-refractivity contribution in [3.05, 3.63) is 23.8 Å². The van der Waals surface area contributed by atoms with Crippen molar-refractivity contribution < 1.29 is 23.9 Å². The van der Waals surface area contributed by atoms with Gasteiger partial charge in [-0.3, -0.25) is 14.4 Å². The van der Waals surface area contributed by atoms with Gasteiger partial charge in [-0.1, -0.05) is 0 Å². The third-order valence-electron chi connectivity index (χ3n) is 6.32. The van der Waals surface area contributed by atoms with Gasteiger partial charge in [0.05, 0.1) is 19.1 Å². The molecule has 0 saturated carbocycles. The summed E-state index contributed by atoms with van der Waals surface area (Å²) < 4.78 is 11.5. The van der Waals surface area contributed by atoms with Crippen molar-refractivity contribution in [3.8, 4) is 11.5 Å². The fourth-order valence-electron chi connectivity index (χ4n) is 4.56. The molecule has 2 saturated heterocycles. The molecule has 29 heavy (non-hydrogen) atoms. The highest BCUT2D eigenvalue weighted by Gasteiger charge is 2.43. The van der Waals surface area contributed by atoms with Crippen molar-refractivity contribution in [2.45, 2.75) is 50.5 Å². The van der Waals surface area contributed by atoms with E-state index in [0.29, 0.717) is 75.2 Å². The summed E-state index contributed by atoms with van der Waals surface area (Å²) in [4.78, 5) is 40.6. The lowest BCUT2D eigenvalue weighted by Gasteiger charge is -2.44. The molecule has 0 atom stereocenters. The third-order valence-corrected chi connectivity index (χ3v) is 6.32. The van der Waals surface area contributed by atoms with Gasteiger partial charge >= 0.3 is 0 Å². The Hall–Kier alpha value is -2.57. The Morgan fingerprint density at radius 1 is 1.21 bits per heavy atom. The fraction of sp³-hybridized carbons (Fsp3) is 0.591. The molecule has 3 aliphatic rings. The normalized spacial score (nSPS) is 20.6. The molecule has 0 N–H and O–H groups in total. The predicted octanol–water partition coefficient (Wildman–Crippen LogP) is 2.42. The number of hydrogen-bond acceptors (Lipinski definition) is 5. The maximum atomic E-state index is 12.6. The van der Waals surface area contributed by atoms with Crippen molar-refractivity contribution >= 4 is 17.6 Å². The number of ether oxygens (including phenoxy) is 2. The SMILES string of the molecule is COc1ccc2c(c1)OC1(CCN(C(=O)CCCN3CCCC3=O)CC1)CC2=O. The molecule has 156 valence electrons. The van der Waals surface area contributed by atoms with Gasteiger partial charge in [-0.15, -0.1) is 0 Å². The van der Waals surface area contributed by atoms with Crippen LogP contribution in [-0.2, 0) is 9.59 Å². The molecule has 2 amide bonds. The molecule has 0 unspecified atom stereocenters. The second kappa shape index (κ2) is 8.05. The Morgan fingerprint density at radius 2 is 2.00 bits per heavy atom. The van der Waals surface area contributed by atoms with Crippen molar-refractivity contribution in [1.82, 2.24) is 9.80 Å². The Morgan fingerprint density at radius 3 is 2.69 bits per heavy atom. The van der Waals surface area contributed by atoms with E-state index < -0.39 is 5.60 Å². The summed E-state index contributed by atoms with van der Waals surface area (Å²) in [6.07, 6.45) is 4.36.